The second-order valence-electron chi connectivity index (χ2n) is 10.3. The molecule has 1 atom stereocenters. The highest BCUT2D eigenvalue weighted by atomic mass is 31.2. The Labute approximate surface area is 251 Å². The van der Waals surface area contributed by atoms with Crippen LogP contribution in [-0.4, -0.2) is 133 Å². The molecule has 43 heavy (non-hydrogen) atoms. The Bertz CT molecular complexity index is 1310. The Morgan fingerprint density at radius 3 is 2.12 bits per heavy atom. The first-order valence-corrected chi connectivity index (χ1v) is 16.2. The molecule has 234 valence electrons. The number of piperazine rings is 2. The number of anilines is 1. The molecule has 3 amide bonds. The monoisotopic (exact) mass is 617 g/mol. The third-order valence-corrected chi connectivity index (χ3v) is 9.44. The number of amides is 3. The van der Waals surface area contributed by atoms with E-state index < -0.39 is 31.5 Å². The van der Waals surface area contributed by atoms with Crippen LogP contribution in [-0.2, 0) is 18.4 Å². The molecule has 4 rings (SSSR count). The fourth-order valence-corrected chi connectivity index (χ4v) is 6.75. The smallest absolute Gasteiger partial charge is 0.407 e. The van der Waals surface area contributed by atoms with Gasteiger partial charge in [-0.05, 0) is 20.9 Å². The van der Waals surface area contributed by atoms with E-state index in [4.69, 9.17) is 14.0 Å². The Kier molecular flexibility index (Phi) is 11.1. The van der Waals surface area contributed by atoms with Crippen molar-refractivity contribution in [1.82, 2.24) is 30.0 Å². The molecule has 2 fully saturated rings. The number of rotatable bonds is 11. The number of aromatic nitrogens is 2. The third-order valence-electron chi connectivity index (χ3n) is 7.33. The van der Waals surface area contributed by atoms with Gasteiger partial charge in [0.25, 0.3) is 5.91 Å². The van der Waals surface area contributed by atoms with Crippen molar-refractivity contribution in [3.8, 4) is 11.4 Å². The quantitative estimate of drug-likeness (QED) is 0.356. The average molecular weight is 618 g/mol. The van der Waals surface area contributed by atoms with E-state index in [2.05, 4.69) is 20.1 Å². The summed E-state index contributed by atoms with van der Waals surface area (Å²) >= 11 is 0. The minimum atomic E-state index is -3.76. The Hall–Kier alpha value is -3.58. The zero-order valence-electron chi connectivity index (χ0n) is 24.8. The number of carbonyl (C=O) groups is 3. The predicted molar refractivity (Wildman–Crippen MR) is 160 cm³/mol. The molecular weight excluding hydrogens is 577 g/mol. The minimum absolute atomic E-state index is 0.0546. The van der Waals surface area contributed by atoms with Gasteiger partial charge in [0.2, 0.25) is 5.91 Å². The third kappa shape index (κ3) is 8.50. The maximum absolute atomic E-state index is 13.8. The summed E-state index contributed by atoms with van der Waals surface area (Å²) in [5, 5.41) is 12.0. The SMILES string of the molecule is CCOP(=O)(C[C@H](NC(=O)c1cc(N2CCN(C)CC2)nc(-c2ccccc2)n1)C(=O)N1CCN(C(=O)O)CC1)OCC. The maximum Gasteiger partial charge on any atom is 0.407 e. The summed E-state index contributed by atoms with van der Waals surface area (Å²) in [4.78, 5) is 55.2. The van der Waals surface area contributed by atoms with Crippen LogP contribution in [0.4, 0.5) is 10.6 Å². The van der Waals surface area contributed by atoms with Crippen LogP contribution in [0.25, 0.3) is 11.4 Å². The molecule has 0 unspecified atom stereocenters. The van der Waals surface area contributed by atoms with E-state index in [9.17, 15) is 24.1 Å². The molecule has 2 aromatic rings. The molecule has 3 heterocycles. The van der Waals surface area contributed by atoms with Gasteiger partial charge in [0, 0.05) is 64.0 Å². The van der Waals surface area contributed by atoms with E-state index in [1.165, 1.54) is 9.80 Å². The van der Waals surface area contributed by atoms with Gasteiger partial charge in [-0.25, -0.2) is 14.8 Å². The maximum atomic E-state index is 13.8. The molecule has 14 nitrogen and oxygen atoms in total. The Morgan fingerprint density at radius 2 is 1.53 bits per heavy atom. The van der Waals surface area contributed by atoms with Crippen molar-refractivity contribution in [2.75, 3.05) is 83.7 Å². The zero-order chi connectivity index (χ0) is 31.0. The highest BCUT2D eigenvalue weighted by molar-refractivity contribution is 7.54. The lowest BCUT2D eigenvalue weighted by Crippen LogP contribution is -2.56. The highest BCUT2D eigenvalue weighted by Crippen LogP contribution is 2.48. The lowest BCUT2D eigenvalue weighted by Gasteiger charge is -2.35. The summed E-state index contributed by atoms with van der Waals surface area (Å²) in [6.45, 7) is 7.12. The molecule has 2 N–H and O–H groups in total. The number of hydrogen-bond acceptors (Lipinski definition) is 10. The molecule has 0 spiro atoms. The van der Waals surface area contributed by atoms with Gasteiger partial charge in [-0.3, -0.25) is 14.2 Å². The standard InChI is InChI=1S/C28H40N7O7P/c1-4-41-43(40,42-5-2)20-23(27(37)34-15-17-35(18-16-34)28(38)39)30-26(36)22-19-24(33-13-11-32(3)12-14-33)31-25(29-22)21-9-7-6-8-10-21/h6-10,19,23H,4-5,11-18,20H2,1-3H3,(H,30,36)(H,38,39)/t23-/m0/s1. The van der Waals surface area contributed by atoms with Crippen LogP contribution in [0, 0.1) is 0 Å². The number of likely N-dealkylation sites (N-methyl/N-ethyl adjacent to an activating group) is 1. The Morgan fingerprint density at radius 1 is 0.930 bits per heavy atom. The minimum Gasteiger partial charge on any atom is -0.465 e. The van der Waals surface area contributed by atoms with Gasteiger partial charge in [-0.15, -0.1) is 0 Å². The number of hydrogen-bond donors (Lipinski definition) is 2. The number of benzene rings is 1. The summed E-state index contributed by atoms with van der Waals surface area (Å²) < 4.78 is 24.4. The lowest BCUT2D eigenvalue weighted by atomic mass is 10.2. The number of carboxylic acid groups (broad SMARTS) is 1. The van der Waals surface area contributed by atoms with Crippen molar-refractivity contribution in [2.45, 2.75) is 19.9 Å². The topological polar surface area (TPSA) is 158 Å². The second kappa shape index (κ2) is 14.7. The van der Waals surface area contributed by atoms with Crippen LogP contribution >= 0.6 is 7.60 Å². The van der Waals surface area contributed by atoms with E-state index in [1.54, 1.807) is 19.9 Å². The first-order valence-electron chi connectivity index (χ1n) is 14.5. The average Bonchev–Trinajstić information content (AvgIpc) is 3.01. The number of nitrogens with zero attached hydrogens (tertiary/aromatic N) is 6. The van der Waals surface area contributed by atoms with Crippen LogP contribution in [0.15, 0.2) is 36.4 Å². The van der Waals surface area contributed by atoms with Gasteiger partial charge in [0.15, 0.2) is 5.82 Å². The molecule has 2 aliphatic rings. The number of nitrogens with one attached hydrogen (secondary N) is 1. The van der Waals surface area contributed by atoms with Crippen LogP contribution in [0.1, 0.15) is 24.3 Å². The molecule has 1 aromatic carbocycles. The first kappa shape index (κ1) is 32.3. The van der Waals surface area contributed by atoms with E-state index in [1.807, 2.05) is 37.4 Å². The van der Waals surface area contributed by atoms with E-state index >= 15 is 0 Å². The van der Waals surface area contributed by atoms with Crippen molar-refractivity contribution >= 4 is 31.3 Å². The van der Waals surface area contributed by atoms with Gasteiger partial charge in [0.05, 0.1) is 19.4 Å². The highest BCUT2D eigenvalue weighted by Gasteiger charge is 2.37. The summed E-state index contributed by atoms with van der Waals surface area (Å²) in [6, 6.07) is 9.64. The molecule has 0 aliphatic carbocycles. The molecular formula is C28H40N7O7P. The Balaban J connectivity index is 1.64. The summed E-state index contributed by atoms with van der Waals surface area (Å²) in [5.74, 6) is -0.190. The fourth-order valence-electron chi connectivity index (χ4n) is 4.98. The van der Waals surface area contributed by atoms with Crippen molar-refractivity contribution in [1.29, 1.82) is 0 Å². The van der Waals surface area contributed by atoms with Crippen molar-refractivity contribution in [2.24, 2.45) is 0 Å². The van der Waals surface area contributed by atoms with Gasteiger partial charge in [-0.2, -0.15) is 0 Å². The van der Waals surface area contributed by atoms with Crippen LogP contribution in [0.5, 0.6) is 0 Å². The molecule has 2 aliphatic heterocycles. The lowest BCUT2D eigenvalue weighted by molar-refractivity contribution is -0.134. The molecule has 1 aromatic heterocycles. The molecule has 2 saturated heterocycles. The van der Waals surface area contributed by atoms with E-state index in [0.29, 0.717) is 11.6 Å². The van der Waals surface area contributed by atoms with Crippen molar-refractivity contribution in [3.05, 3.63) is 42.1 Å². The van der Waals surface area contributed by atoms with Crippen molar-refractivity contribution in [3.63, 3.8) is 0 Å². The number of carbonyl (C=O) groups excluding carboxylic acids is 2. The van der Waals surface area contributed by atoms with E-state index in [0.717, 1.165) is 31.7 Å². The molecule has 0 bridgehead atoms. The summed E-state index contributed by atoms with van der Waals surface area (Å²) in [6.07, 6.45) is -1.45. The van der Waals surface area contributed by atoms with Gasteiger partial charge in [-0.1, -0.05) is 30.3 Å². The molecule has 0 saturated carbocycles. The zero-order valence-corrected chi connectivity index (χ0v) is 25.7. The van der Waals surface area contributed by atoms with Gasteiger partial charge >= 0.3 is 13.7 Å². The second-order valence-corrected chi connectivity index (χ2v) is 12.4. The van der Waals surface area contributed by atoms with Crippen LogP contribution in [0.2, 0.25) is 0 Å². The normalized spacial score (nSPS) is 17.0. The van der Waals surface area contributed by atoms with Gasteiger partial charge < -0.3 is 39.1 Å². The van der Waals surface area contributed by atoms with E-state index in [-0.39, 0.29) is 51.2 Å². The summed E-state index contributed by atoms with van der Waals surface area (Å²) in [7, 11) is -1.71. The molecule has 15 heteroatoms. The first-order chi connectivity index (χ1) is 20.6. The van der Waals surface area contributed by atoms with Crippen molar-refractivity contribution < 1.29 is 33.1 Å². The predicted octanol–water partition coefficient (Wildman–Crippen LogP) is 2.08. The summed E-state index contributed by atoms with van der Waals surface area (Å²) in [5.41, 5.74) is 0.785. The van der Waals surface area contributed by atoms with Gasteiger partial charge in [0.1, 0.15) is 17.6 Å². The largest absolute Gasteiger partial charge is 0.465 e. The van der Waals surface area contributed by atoms with Crippen LogP contribution < -0.4 is 10.2 Å². The molecule has 0 radical (unpaired) electrons. The fraction of sp³-hybridized carbons (Fsp3) is 0.536. The van der Waals surface area contributed by atoms with Crippen LogP contribution in [0.3, 0.4) is 0 Å².